The summed E-state index contributed by atoms with van der Waals surface area (Å²) in [5.41, 5.74) is 0. The molecule has 0 aliphatic heterocycles. The molecule has 2 atom stereocenters. The fourth-order valence-corrected chi connectivity index (χ4v) is 2.63. The summed E-state index contributed by atoms with van der Waals surface area (Å²) in [7, 11) is 1.81. The number of aliphatic carboxylic acids is 1. The molecule has 4 heteroatoms. The largest absolute Gasteiger partial charge is 0.481 e. The number of carboxylic acid groups (broad SMARTS) is 1. The molecule has 2 saturated carbocycles. The zero-order valence-electron chi connectivity index (χ0n) is 9.69. The van der Waals surface area contributed by atoms with Crippen molar-refractivity contribution in [2.24, 2.45) is 11.8 Å². The minimum Gasteiger partial charge on any atom is -0.481 e. The lowest BCUT2D eigenvalue weighted by atomic mass is 9.78. The van der Waals surface area contributed by atoms with Gasteiger partial charge in [-0.1, -0.05) is 12.8 Å². The Kier molecular flexibility index (Phi) is 3.17. The number of rotatable bonds is 3. The maximum absolute atomic E-state index is 12.2. The van der Waals surface area contributed by atoms with Gasteiger partial charge in [0.2, 0.25) is 5.91 Å². The Morgan fingerprint density at radius 1 is 1.06 bits per heavy atom. The third-order valence-electron chi connectivity index (χ3n) is 3.84. The van der Waals surface area contributed by atoms with Gasteiger partial charge in [0.15, 0.2) is 0 Å². The van der Waals surface area contributed by atoms with Crippen molar-refractivity contribution in [2.45, 2.75) is 44.6 Å². The molecule has 0 aromatic carbocycles. The standard InChI is InChI=1S/C12H19NO3/c1-13(8-6-7-8)11(14)9-4-2-3-5-10(9)12(15)16/h8-10H,2-7H2,1H3,(H,15,16). The molecule has 2 rings (SSSR count). The number of nitrogens with zero attached hydrogens (tertiary/aromatic N) is 1. The average Bonchev–Trinajstić information content (AvgIpc) is 3.11. The number of amides is 1. The van der Waals surface area contributed by atoms with Gasteiger partial charge >= 0.3 is 5.97 Å². The zero-order valence-corrected chi connectivity index (χ0v) is 9.69. The van der Waals surface area contributed by atoms with Crippen LogP contribution in [0.1, 0.15) is 38.5 Å². The number of hydrogen-bond acceptors (Lipinski definition) is 2. The van der Waals surface area contributed by atoms with Gasteiger partial charge in [-0.2, -0.15) is 0 Å². The quantitative estimate of drug-likeness (QED) is 0.791. The molecule has 16 heavy (non-hydrogen) atoms. The van der Waals surface area contributed by atoms with Crippen LogP contribution in [-0.2, 0) is 9.59 Å². The van der Waals surface area contributed by atoms with Crippen LogP contribution in [0, 0.1) is 11.8 Å². The molecule has 0 radical (unpaired) electrons. The summed E-state index contributed by atoms with van der Waals surface area (Å²) in [5, 5.41) is 9.12. The lowest BCUT2D eigenvalue weighted by Gasteiger charge is -2.31. The first-order valence-corrected chi connectivity index (χ1v) is 6.10. The Labute approximate surface area is 95.6 Å². The van der Waals surface area contributed by atoms with Crippen molar-refractivity contribution in [3.8, 4) is 0 Å². The highest BCUT2D eigenvalue weighted by Gasteiger charge is 2.40. The van der Waals surface area contributed by atoms with E-state index >= 15 is 0 Å². The Morgan fingerprint density at radius 2 is 1.62 bits per heavy atom. The normalized spacial score (nSPS) is 29.8. The first kappa shape index (κ1) is 11.4. The van der Waals surface area contributed by atoms with E-state index < -0.39 is 11.9 Å². The van der Waals surface area contributed by atoms with Crippen molar-refractivity contribution < 1.29 is 14.7 Å². The van der Waals surface area contributed by atoms with Gasteiger partial charge in [-0.05, 0) is 25.7 Å². The van der Waals surface area contributed by atoms with E-state index in [0.29, 0.717) is 12.5 Å². The van der Waals surface area contributed by atoms with Crippen LogP contribution in [-0.4, -0.2) is 35.0 Å². The van der Waals surface area contributed by atoms with E-state index in [9.17, 15) is 9.59 Å². The number of carboxylic acids is 1. The Bertz CT molecular complexity index is 299. The summed E-state index contributed by atoms with van der Waals surface area (Å²) in [6.45, 7) is 0. The summed E-state index contributed by atoms with van der Waals surface area (Å²) < 4.78 is 0. The summed E-state index contributed by atoms with van der Waals surface area (Å²) >= 11 is 0. The topological polar surface area (TPSA) is 57.6 Å². The molecular weight excluding hydrogens is 206 g/mol. The van der Waals surface area contributed by atoms with Gasteiger partial charge < -0.3 is 10.0 Å². The van der Waals surface area contributed by atoms with Gasteiger partial charge in [0.05, 0.1) is 11.8 Å². The SMILES string of the molecule is CN(C(=O)C1CCCCC1C(=O)O)C1CC1. The number of carbonyl (C=O) groups excluding carboxylic acids is 1. The van der Waals surface area contributed by atoms with E-state index in [2.05, 4.69) is 0 Å². The maximum Gasteiger partial charge on any atom is 0.307 e. The zero-order chi connectivity index (χ0) is 11.7. The van der Waals surface area contributed by atoms with Gasteiger partial charge in [-0.25, -0.2) is 0 Å². The molecule has 1 N–H and O–H groups in total. The van der Waals surface area contributed by atoms with Crippen LogP contribution >= 0.6 is 0 Å². The van der Waals surface area contributed by atoms with Crippen molar-refractivity contribution >= 4 is 11.9 Å². The van der Waals surface area contributed by atoms with E-state index in [1.165, 1.54) is 0 Å². The van der Waals surface area contributed by atoms with Gasteiger partial charge in [0, 0.05) is 13.1 Å². The van der Waals surface area contributed by atoms with Crippen molar-refractivity contribution in [3.05, 3.63) is 0 Å². The third kappa shape index (κ3) is 2.20. The van der Waals surface area contributed by atoms with Crippen molar-refractivity contribution in [1.82, 2.24) is 4.90 Å². The molecule has 4 nitrogen and oxygen atoms in total. The van der Waals surface area contributed by atoms with Crippen LogP contribution in [0.4, 0.5) is 0 Å². The third-order valence-corrected chi connectivity index (χ3v) is 3.84. The molecule has 0 saturated heterocycles. The number of hydrogen-bond donors (Lipinski definition) is 1. The predicted molar refractivity (Wildman–Crippen MR) is 58.9 cm³/mol. The van der Waals surface area contributed by atoms with Crippen LogP contribution in [0.5, 0.6) is 0 Å². The molecule has 2 unspecified atom stereocenters. The second kappa shape index (κ2) is 4.44. The second-order valence-electron chi connectivity index (χ2n) is 5.02. The van der Waals surface area contributed by atoms with Crippen molar-refractivity contribution in [3.63, 3.8) is 0 Å². The Morgan fingerprint density at radius 3 is 2.12 bits per heavy atom. The Hall–Kier alpha value is -1.06. The fourth-order valence-electron chi connectivity index (χ4n) is 2.63. The fraction of sp³-hybridized carbons (Fsp3) is 0.833. The summed E-state index contributed by atoms with van der Waals surface area (Å²) in [5.74, 6) is -1.49. The van der Waals surface area contributed by atoms with Crippen LogP contribution in [0.2, 0.25) is 0 Å². The van der Waals surface area contributed by atoms with E-state index in [4.69, 9.17) is 5.11 Å². The first-order valence-electron chi connectivity index (χ1n) is 6.10. The molecule has 0 aromatic heterocycles. The Balaban J connectivity index is 2.03. The lowest BCUT2D eigenvalue weighted by molar-refractivity contribution is -0.152. The van der Waals surface area contributed by atoms with E-state index in [1.807, 2.05) is 7.05 Å². The van der Waals surface area contributed by atoms with E-state index in [1.54, 1.807) is 4.90 Å². The molecule has 2 fully saturated rings. The van der Waals surface area contributed by atoms with Crippen LogP contribution in [0.25, 0.3) is 0 Å². The summed E-state index contributed by atoms with van der Waals surface area (Å²) in [6, 6.07) is 0.379. The molecule has 2 aliphatic carbocycles. The predicted octanol–water partition coefficient (Wildman–Crippen LogP) is 1.50. The summed E-state index contributed by atoms with van der Waals surface area (Å²) in [4.78, 5) is 25.0. The van der Waals surface area contributed by atoms with Crippen molar-refractivity contribution in [1.29, 1.82) is 0 Å². The first-order chi connectivity index (χ1) is 7.61. The molecule has 1 amide bonds. The maximum atomic E-state index is 12.2. The highest BCUT2D eigenvalue weighted by atomic mass is 16.4. The number of carbonyl (C=O) groups is 2. The van der Waals surface area contributed by atoms with Gasteiger partial charge in [-0.3, -0.25) is 9.59 Å². The minimum absolute atomic E-state index is 0.0506. The highest BCUT2D eigenvalue weighted by Crippen LogP contribution is 2.34. The average molecular weight is 225 g/mol. The molecule has 0 bridgehead atoms. The van der Waals surface area contributed by atoms with Gasteiger partial charge in [-0.15, -0.1) is 0 Å². The monoisotopic (exact) mass is 225 g/mol. The van der Waals surface area contributed by atoms with E-state index in [0.717, 1.165) is 32.1 Å². The smallest absolute Gasteiger partial charge is 0.307 e. The molecule has 2 aliphatic rings. The summed E-state index contributed by atoms with van der Waals surface area (Å²) in [6.07, 6.45) is 5.48. The lowest BCUT2D eigenvalue weighted by Crippen LogP contribution is -2.41. The van der Waals surface area contributed by atoms with Crippen LogP contribution < -0.4 is 0 Å². The molecule has 0 heterocycles. The van der Waals surface area contributed by atoms with Gasteiger partial charge in [0.1, 0.15) is 0 Å². The minimum atomic E-state index is -0.803. The van der Waals surface area contributed by atoms with Crippen LogP contribution in [0.3, 0.4) is 0 Å². The van der Waals surface area contributed by atoms with Crippen LogP contribution in [0.15, 0.2) is 0 Å². The second-order valence-corrected chi connectivity index (χ2v) is 5.02. The molecule has 0 aromatic rings. The molecule has 0 spiro atoms. The molecular formula is C12H19NO3. The van der Waals surface area contributed by atoms with Crippen molar-refractivity contribution in [2.75, 3.05) is 7.05 Å². The van der Waals surface area contributed by atoms with E-state index in [-0.39, 0.29) is 11.8 Å². The van der Waals surface area contributed by atoms with Gasteiger partial charge in [0.25, 0.3) is 0 Å². The highest BCUT2D eigenvalue weighted by molar-refractivity contribution is 5.85. The molecule has 90 valence electrons.